The molecular formula is C95H112B2F9NNaO35S4. The topological polar surface area (TPSA) is 516 Å². The van der Waals surface area contributed by atoms with Crippen LogP contribution >= 0.6 is 0 Å². The van der Waals surface area contributed by atoms with E-state index in [4.69, 9.17) is 33.2 Å². The molecule has 11 rings (SSSR count). The van der Waals surface area contributed by atoms with Crippen LogP contribution in [0.1, 0.15) is 212 Å². The molecule has 147 heavy (non-hydrogen) atoms. The van der Waals surface area contributed by atoms with Crippen molar-refractivity contribution in [3.63, 3.8) is 0 Å². The number of alkyl halides is 9. The predicted molar refractivity (Wildman–Crippen MR) is 515 cm³/mol. The Labute approximate surface area is 870 Å². The Balaban J connectivity index is 0. The number of hydrogen-bond donors (Lipinski definition) is 5. The van der Waals surface area contributed by atoms with Crippen LogP contribution in [0.4, 0.5) is 39.5 Å². The third kappa shape index (κ3) is 41.1. The van der Waals surface area contributed by atoms with Crippen LogP contribution < -0.4 is 42.1 Å². The molecule has 4 heterocycles. The van der Waals surface area contributed by atoms with Crippen LogP contribution in [0.3, 0.4) is 0 Å². The van der Waals surface area contributed by atoms with Gasteiger partial charge in [0, 0.05) is 77.5 Å². The molecule has 1 unspecified atom stereocenters. The number of aromatic hydroxyl groups is 3. The fourth-order valence-corrected chi connectivity index (χ4v) is 13.6. The smallest absolute Gasteiger partial charge is 1.00 e. The molecule has 36 nitrogen and oxygen atoms in total. The van der Waals surface area contributed by atoms with Gasteiger partial charge in [-0.2, -0.15) is 73.2 Å². The quantitative estimate of drug-likeness (QED) is 0.00484. The van der Waals surface area contributed by atoms with Gasteiger partial charge in [0.2, 0.25) is 0 Å². The van der Waals surface area contributed by atoms with Crippen molar-refractivity contribution in [2.45, 2.75) is 174 Å². The van der Waals surface area contributed by atoms with Gasteiger partial charge in [0.25, 0.3) is 10.1 Å². The summed E-state index contributed by atoms with van der Waals surface area (Å²) in [5, 5.41) is 38.1. The summed E-state index contributed by atoms with van der Waals surface area (Å²) in [5.41, 5.74) is -13.9. The number of methoxy groups -OCH3 is 6. The number of pyridine rings is 1. The van der Waals surface area contributed by atoms with Crippen molar-refractivity contribution in [1.82, 2.24) is 4.98 Å². The van der Waals surface area contributed by atoms with Crippen LogP contribution in [-0.2, 0) is 112 Å². The Morgan fingerprint density at radius 3 is 1.16 bits per heavy atom. The number of ether oxygens (including phenoxy) is 9. The van der Waals surface area contributed by atoms with Crippen LogP contribution in [0.25, 0.3) is 6.08 Å². The summed E-state index contributed by atoms with van der Waals surface area (Å²) in [6.07, 6.45) is 18.0. The first-order valence-corrected chi connectivity index (χ1v) is 47.9. The number of carbonyl (C=O) groups is 8. The molecule has 1 aromatic heterocycles. The van der Waals surface area contributed by atoms with E-state index in [1.807, 2.05) is 71.9 Å². The number of rotatable bonds is 22. The van der Waals surface area contributed by atoms with Gasteiger partial charge in [0.05, 0.1) is 129 Å². The summed E-state index contributed by atoms with van der Waals surface area (Å²) >= 11 is 0. The maximum Gasteiger partial charge on any atom is 1.00 e. The zero-order valence-electron chi connectivity index (χ0n) is 84.3. The number of phenols is 3. The van der Waals surface area contributed by atoms with E-state index in [0.29, 0.717) is 66.8 Å². The average molecular weight is 2170 g/mol. The fraction of sp³-hybridized carbons (Fsp3) is 0.358. The molecule has 0 spiro atoms. The number of carbonyl (C=O) groups excluding carboxylic acids is 8. The SMILES string of the molecule is C1=COCCC1.C=CCc1ccc(C(=O)OC)c(C)c1O.CC1(C)OBOC1(C)C.CC=Cc1ccc(C(=O)OC)c(C)c1O.COC(=O)c1ccc(C=O)c(O)c1C.COC(=O)c1ccc(C=O)c(OS(=O)(=O)C(F)(F)F)c1C.COC(=O)c1ccc(CO)c(OS(=O)(=O)C(F)(F)F)c1C.COC(=O)c1ccc(COC2CCCCO2)c(OS(=O)(=O)C(F)(F)F)c1C.Cc1ccc(S(=O)(=O)O)cc1.[B].[H-].[Na+].c1ccncc1. The molecule has 3 radical (unpaired) electrons. The van der Waals surface area contributed by atoms with E-state index in [2.05, 4.69) is 52.5 Å². The maximum absolute atomic E-state index is 12.7. The van der Waals surface area contributed by atoms with Crippen molar-refractivity contribution < 1.29 is 232 Å². The minimum absolute atomic E-state index is 0. The molecule has 2 saturated heterocycles. The Hall–Kier alpha value is -12.3. The number of esters is 6. The average Bonchev–Trinajstić information content (AvgIpc) is 1.20. The van der Waals surface area contributed by atoms with Crippen LogP contribution in [0, 0.1) is 48.5 Å². The molecular weight excluding hydrogens is 2060 g/mol. The number of nitrogens with zero attached hydrogens (tertiary/aromatic N) is 1. The van der Waals surface area contributed by atoms with Gasteiger partial charge in [-0.3, -0.25) is 19.1 Å². The fourth-order valence-electron chi connectivity index (χ4n) is 11.5. The largest absolute Gasteiger partial charge is 1.00 e. The van der Waals surface area contributed by atoms with Gasteiger partial charge in [0.1, 0.15) is 17.2 Å². The van der Waals surface area contributed by atoms with Crippen LogP contribution in [0.5, 0.6) is 34.5 Å². The van der Waals surface area contributed by atoms with E-state index in [9.17, 15) is 127 Å². The molecule has 8 aromatic rings. The van der Waals surface area contributed by atoms with Crippen molar-refractivity contribution in [2.24, 2.45) is 0 Å². The summed E-state index contributed by atoms with van der Waals surface area (Å²) in [7, 11) is -14.3. The van der Waals surface area contributed by atoms with Gasteiger partial charge in [-0.1, -0.05) is 66.3 Å². The van der Waals surface area contributed by atoms with Gasteiger partial charge in [-0.25, -0.2) is 28.8 Å². The zero-order valence-corrected chi connectivity index (χ0v) is 88.5. The number of benzene rings is 7. The number of aryl methyl sites for hydroxylation is 1. The molecule has 0 saturated carbocycles. The van der Waals surface area contributed by atoms with E-state index < -0.39 is 129 Å². The van der Waals surface area contributed by atoms with Crippen molar-refractivity contribution >= 4 is 111 Å². The summed E-state index contributed by atoms with van der Waals surface area (Å²) in [4.78, 5) is 93.3. The van der Waals surface area contributed by atoms with Crippen molar-refractivity contribution in [3.05, 3.63) is 264 Å². The second-order valence-corrected chi connectivity index (χ2v) is 36.8. The Bertz CT molecular complexity index is 6270. The van der Waals surface area contributed by atoms with Gasteiger partial charge in [-0.05, 0) is 206 Å². The van der Waals surface area contributed by atoms with Crippen molar-refractivity contribution in [3.8, 4) is 34.5 Å². The standard InChI is InChI=1S/C16H19F3O7S.2C12H14O3.C11H11F3O6S.C11H9F3O6S.C10H10O4.C7H8O3S.C6H13BO2.C5H5N.C5H8O.B.Na.H/c1-10-12(15(20)23-2)7-6-11(9-25-13-5-3-4-8-24-13)14(10)26-27(21,22)16(17,18)19;2*1-4-5-9-6-7-10(12(14)15-3)8(2)11(9)13;2*1-6-8(10(16)19-2)4-3-7(5-15)9(6)20-21(17,18)11(12,13)14;1-6-8(10(13)14-2)4-3-7(5-11)9(6)12;1-6-2-4-7(5-3-6)11(8,9)10;1-5(2)6(3,4)9-7-8-5;2*1-2-4-6-5-3-1;;;/h6-7,13H,3-5,8-9H2,1-2H3;4-7,13H,1-3H3;4,6-7,13H,1,5H2,2-3H3;3-4,15H,5H2,1-2H3;3-5H,1-2H3;3-5,12H,1-2H3;2-5H,1H3,(H,8,9,10);7H,1-4H3;1-5H;2,4H,1,3,5H2;;;/q;;;;;;;;;;;+1;-1. The normalized spacial score (nSPS) is 13.6. The Morgan fingerprint density at radius 2 is 0.850 bits per heavy atom. The molecule has 0 amide bonds. The number of aromatic nitrogens is 1. The van der Waals surface area contributed by atoms with Crippen LogP contribution in [-0.4, -0.2) is 218 Å². The molecule has 2 fully saturated rings. The molecule has 801 valence electrons. The summed E-state index contributed by atoms with van der Waals surface area (Å²) in [6.45, 7) is 24.3. The number of aldehydes is 2. The van der Waals surface area contributed by atoms with E-state index in [1.165, 1.54) is 90.5 Å². The van der Waals surface area contributed by atoms with Gasteiger partial charge in [-0.15, -0.1) is 6.58 Å². The predicted octanol–water partition coefficient (Wildman–Crippen LogP) is 13.6. The second-order valence-electron chi connectivity index (χ2n) is 30.7. The van der Waals surface area contributed by atoms with Gasteiger partial charge < -0.3 is 86.3 Å². The number of hydrogen-bond acceptors (Lipinski definition) is 35. The number of phenolic OH excluding ortho intramolecular Hbond substituents is 3. The van der Waals surface area contributed by atoms with Gasteiger partial charge in [0.15, 0.2) is 36.1 Å². The molecule has 0 bridgehead atoms. The Kier molecular flexibility index (Phi) is 56.9. The monoisotopic (exact) mass is 2170 g/mol. The minimum atomic E-state index is -5.97. The van der Waals surface area contributed by atoms with E-state index in [0.717, 1.165) is 77.0 Å². The molecule has 7 aromatic carbocycles. The van der Waals surface area contributed by atoms with Crippen LogP contribution in [0.2, 0.25) is 0 Å². The summed E-state index contributed by atoms with van der Waals surface area (Å²) < 4.78 is 275. The van der Waals surface area contributed by atoms with E-state index in [-0.39, 0.29) is 141 Å². The molecule has 52 heteroatoms. The molecule has 0 aliphatic carbocycles. The first-order chi connectivity index (χ1) is 67.5. The zero-order chi connectivity index (χ0) is 111. The van der Waals surface area contributed by atoms with Crippen molar-refractivity contribution in [1.29, 1.82) is 0 Å². The number of aliphatic hydroxyl groups is 1. The van der Waals surface area contributed by atoms with Crippen LogP contribution in [0.15, 0.2) is 164 Å². The molecule has 3 aliphatic rings. The maximum atomic E-state index is 12.7. The minimum Gasteiger partial charge on any atom is -1.00 e. The first-order valence-electron chi connectivity index (χ1n) is 42.3. The summed E-state index contributed by atoms with van der Waals surface area (Å²) in [5.74, 6) is -6.21. The van der Waals surface area contributed by atoms with E-state index in [1.54, 1.807) is 88.0 Å². The summed E-state index contributed by atoms with van der Waals surface area (Å²) in [6, 6.07) is 28.1. The molecule has 5 N–H and O–H groups in total. The molecule has 1 atom stereocenters. The van der Waals surface area contributed by atoms with E-state index >= 15 is 0 Å². The van der Waals surface area contributed by atoms with Gasteiger partial charge >= 0.3 is 120 Å². The third-order valence-corrected chi connectivity index (χ3v) is 24.1. The second kappa shape index (κ2) is 62.1. The molecule has 3 aliphatic heterocycles. The third-order valence-electron chi connectivity index (χ3n) is 20.4. The first kappa shape index (κ1) is 135. The Morgan fingerprint density at radius 1 is 0.490 bits per heavy atom. The van der Waals surface area contributed by atoms with Crippen molar-refractivity contribution in [2.75, 3.05) is 55.9 Å². The number of aliphatic hydroxyl groups excluding tert-OH is 1. The number of allylic oxidation sites excluding steroid dienone is 3. The number of halogens is 9.